The van der Waals surface area contributed by atoms with E-state index >= 15 is 0 Å². The van der Waals surface area contributed by atoms with Crippen LogP contribution in [0.15, 0.2) is 249 Å². The van der Waals surface area contributed by atoms with Crippen molar-refractivity contribution in [3.8, 4) is 113 Å². The zero-order valence-electron chi connectivity index (χ0n) is 39.3. The topological polar surface area (TPSA) is 86.2 Å². The Labute approximate surface area is 420 Å². The Hall–Kier alpha value is -9.81. The van der Waals surface area contributed by atoms with E-state index in [2.05, 4.69) is 174 Å². The summed E-state index contributed by atoms with van der Waals surface area (Å²) in [6.07, 6.45) is 6.93. The van der Waals surface area contributed by atoms with E-state index in [1.54, 1.807) is 0 Å². The molecular formula is C67H45N5. The van der Waals surface area contributed by atoms with Gasteiger partial charge in [0.2, 0.25) is 0 Å². The van der Waals surface area contributed by atoms with Crippen LogP contribution in [0, 0.1) is 22.7 Å². The number of aryl methyl sites for hydroxylation is 2. The van der Waals surface area contributed by atoms with E-state index in [-0.39, 0.29) is 0 Å². The number of rotatable bonds is 12. The summed E-state index contributed by atoms with van der Waals surface area (Å²) < 4.78 is 0. The van der Waals surface area contributed by atoms with Crippen LogP contribution in [0.3, 0.4) is 0 Å². The first kappa shape index (κ1) is 44.7. The normalized spacial score (nSPS) is 10.9. The monoisotopic (exact) mass is 919 g/mol. The van der Waals surface area contributed by atoms with Gasteiger partial charge < -0.3 is 0 Å². The third-order valence-electron chi connectivity index (χ3n) is 13.3. The molecule has 8 aromatic carbocycles. The zero-order chi connectivity index (χ0) is 48.6. The second-order valence-electron chi connectivity index (χ2n) is 17.8. The van der Waals surface area contributed by atoms with Crippen LogP contribution in [0.4, 0.5) is 0 Å². The first-order chi connectivity index (χ1) is 35.6. The molecule has 5 heteroatoms. The summed E-state index contributed by atoms with van der Waals surface area (Å²) in [6.45, 7) is 0. The third kappa shape index (κ3) is 9.60. The summed E-state index contributed by atoms with van der Waals surface area (Å²) in [6, 6.07) is 84.3. The molecule has 0 bridgehead atoms. The number of nitriles is 2. The summed E-state index contributed by atoms with van der Waals surface area (Å²) >= 11 is 0. The van der Waals surface area contributed by atoms with Gasteiger partial charge in [-0.15, -0.1) is 0 Å². The fraction of sp³-hybridized carbons (Fsp3) is 0.0299. The smallest absolute Gasteiger partial charge is 0.0991 e. The van der Waals surface area contributed by atoms with Crippen LogP contribution in [0.2, 0.25) is 0 Å². The summed E-state index contributed by atoms with van der Waals surface area (Å²) in [5, 5.41) is 20.7. The molecule has 0 N–H and O–H groups in total. The predicted octanol–water partition coefficient (Wildman–Crippen LogP) is 16.4. The number of hydrogen-bond acceptors (Lipinski definition) is 5. The average Bonchev–Trinajstić information content (AvgIpc) is 3.47. The fourth-order valence-electron chi connectivity index (χ4n) is 9.57. The maximum absolute atomic E-state index is 10.3. The third-order valence-corrected chi connectivity index (χ3v) is 13.3. The SMILES string of the molecule is N#Cc1ccc(-c2ccc(-c3ccccn3)cc2)c(-c2cc(CCc3ccc(-c4ccccn4)cc3-c3ccc(-c4ccccc4)cc3)cc(-c3cc(C#N)ccc3-c3ccc(-c4ccccn4)cc3)c2)c1. The van der Waals surface area contributed by atoms with Crippen molar-refractivity contribution in [3.05, 3.63) is 271 Å². The lowest BCUT2D eigenvalue weighted by Crippen LogP contribution is -1.98. The lowest BCUT2D eigenvalue weighted by Gasteiger charge is -2.18. The van der Waals surface area contributed by atoms with Crippen LogP contribution in [0.1, 0.15) is 22.3 Å². The van der Waals surface area contributed by atoms with Gasteiger partial charge in [-0.25, -0.2) is 0 Å². The van der Waals surface area contributed by atoms with Gasteiger partial charge in [-0.3, -0.25) is 15.0 Å². The van der Waals surface area contributed by atoms with E-state index < -0.39 is 0 Å². The fourth-order valence-corrected chi connectivity index (χ4v) is 9.57. The molecule has 0 amide bonds. The molecule has 72 heavy (non-hydrogen) atoms. The largest absolute Gasteiger partial charge is 0.256 e. The van der Waals surface area contributed by atoms with Gasteiger partial charge in [-0.1, -0.05) is 158 Å². The van der Waals surface area contributed by atoms with Gasteiger partial charge in [0.1, 0.15) is 0 Å². The Morgan fingerprint density at radius 3 is 1.17 bits per heavy atom. The molecule has 0 aliphatic carbocycles. The number of hydrogen-bond donors (Lipinski definition) is 0. The van der Waals surface area contributed by atoms with Gasteiger partial charge in [-0.05, 0) is 164 Å². The minimum atomic E-state index is 0.571. The highest BCUT2D eigenvalue weighted by molar-refractivity contribution is 5.91. The zero-order valence-corrected chi connectivity index (χ0v) is 39.3. The Kier molecular flexibility index (Phi) is 12.7. The van der Waals surface area contributed by atoms with Crippen molar-refractivity contribution in [3.63, 3.8) is 0 Å². The molecule has 0 aliphatic heterocycles. The van der Waals surface area contributed by atoms with Gasteiger partial charge in [-0.2, -0.15) is 10.5 Å². The van der Waals surface area contributed by atoms with Crippen LogP contribution >= 0.6 is 0 Å². The maximum atomic E-state index is 10.3. The molecule has 0 radical (unpaired) electrons. The molecule has 11 rings (SSSR count). The van der Waals surface area contributed by atoms with E-state index in [4.69, 9.17) is 4.98 Å². The maximum Gasteiger partial charge on any atom is 0.0991 e. The van der Waals surface area contributed by atoms with Gasteiger partial charge in [0, 0.05) is 35.3 Å². The first-order valence-corrected chi connectivity index (χ1v) is 24.0. The Bertz CT molecular complexity index is 3600. The standard InChI is InChI=1S/C67H45N5/c68-44-47-16-33-60(51-23-28-55(29-24-51)65-12-4-7-35-70-65)63(40-47)58-38-46(39-59(42-58)64-41-48(45-69)17-34-61(64)52-25-30-56(31-26-52)66-13-5-8-36-71-66)15-18-53-27-32-57(67-14-6-9-37-72-67)43-62(53)54-21-19-50(20-22-54)49-10-2-1-3-11-49/h1-14,16-17,19-43H,15,18H2. The van der Waals surface area contributed by atoms with Gasteiger partial charge in [0.25, 0.3) is 0 Å². The average molecular weight is 920 g/mol. The van der Waals surface area contributed by atoms with Crippen molar-refractivity contribution in [1.29, 1.82) is 10.5 Å². The number of aromatic nitrogens is 3. The molecule has 338 valence electrons. The molecule has 5 nitrogen and oxygen atoms in total. The molecule has 3 aromatic heterocycles. The van der Waals surface area contributed by atoms with Crippen LogP contribution in [0.5, 0.6) is 0 Å². The van der Waals surface area contributed by atoms with Crippen molar-refractivity contribution >= 4 is 0 Å². The molecule has 0 saturated heterocycles. The van der Waals surface area contributed by atoms with Crippen LogP contribution in [-0.2, 0) is 12.8 Å². The van der Waals surface area contributed by atoms with E-state index in [1.165, 1.54) is 16.7 Å². The van der Waals surface area contributed by atoms with Gasteiger partial charge >= 0.3 is 0 Å². The number of pyridine rings is 3. The van der Waals surface area contributed by atoms with Crippen molar-refractivity contribution in [2.24, 2.45) is 0 Å². The second kappa shape index (κ2) is 20.4. The second-order valence-corrected chi connectivity index (χ2v) is 17.8. The molecular weight excluding hydrogens is 875 g/mol. The minimum Gasteiger partial charge on any atom is -0.256 e. The van der Waals surface area contributed by atoms with Crippen molar-refractivity contribution in [2.45, 2.75) is 12.8 Å². The Morgan fingerprint density at radius 1 is 0.278 bits per heavy atom. The molecule has 0 fully saturated rings. The molecule has 0 aliphatic rings. The van der Waals surface area contributed by atoms with E-state index in [9.17, 15) is 10.5 Å². The lowest BCUT2D eigenvalue weighted by atomic mass is 9.86. The lowest BCUT2D eigenvalue weighted by molar-refractivity contribution is 0.963. The van der Waals surface area contributed by atoms with Gasteiger partial charge in [0.15, 0.2) is 0 Å². The molecule has 11 aromatic rings. The highest BCUT2D eigenvalue weighted by Gasteiger charge is 2.17. The highest BCUT2D eigenvalue weighted by atomic mass is 14.7. The number of nitrogens with zero attached hydrogens (tertiary/aromatic N) is 5. The van der Waals surface area contributed by atoms with Crippen LogP contribution in [0.25, 0.3) is 101 Å². The molecule has 0 saturated carbocycles. The van der Waals surface area contributed by atoms with E-state index in [0.29, 0.717) is 11.1 Å². The summed E-state index contributed by atoms with van der Waals surface area (Å²) in [7, 11) is 0. The number of benzene rings is 8. The minimum absolute atomic E-state index is 0.571. The predicted molar refractivity (Wildman–Crippen MR) is 292 cm³/mol. The van der Waals surface area contributed by atoms with Gasteiger partial charge in [0.05, 0.1) is 40.3 Å². The van der Waals surface area contributed by atoms with Crippen LogP contribution < -0.4 is 0 Å². The summed E-state index contributed by atoms with van der Waals surface area (Å²) in [4.78, 5) is 13.9. The summed E-state index contributed by atoms with van der Waals surface area (Å²) in [5.74, 6) is 0. The van der Waals surface area contributed by atoms with Crippen LogP contribution in [-0.4, -0.2) is 15.0 Å². The molecule has 3 heterocycles. The van der Waals surface area contributed by atoms with E-state index in [1.807, 2.05) is 97.5 Å². The molecule has 0 spiro atoms. The summed E-state index contributed by atoms with van der Waals surface area (Å²) in [5.41, 5.74) is 21.9. The Morgan fingerprint density at radius 2 is 0.694 bits per heavy atom. The molecule has 0 unspecified atom stereocenters. The van der Waals surface area contributed by atoms with Crippen molar-refractivity contribution in [2.75, 3.05) is 0 Å². The van der Waals surface area contributed by atoms with Crippen molar-refractivity contribution < 1.29 is 0 Å². The quantitative estimate of drug-likeness (QED) is 0.122. The highest BCUT2D eigenvalue weighted by Crippen LogP contribution is 2.41. The molecule has 0 atom stereocenters. The first-order valence-electron chi connectivity index (χ1n) is 24.0. The Balaban J connectivity index is 1.04. The van der Waals surface area contributed by atoms with Crippen molar-refractivity contribution in [1.82, 2.24) is 15.0 Å². The van der Waals surface area contributed by atoms with E-state index in [0.717, 1.165) is 108 Å².